The van der Waals surface area contributed by atoms with Gasteiger partial charge in [-0.1, -0.05) is 0 Å². The molecule has 17 heavy (non-hydrogen) atoms. The molecule has 1 amide bonds. The van der Waals surface area contributed by atoms with E-state index in [1.807, 2.05) is 13.0 Å². The molecule has 0 atom stereocenters. The molecule has 5 nitrogen and oxygen atoms in total. The Morgan fingerprint density at radius 2 is 2.06 bits per heavy atom. The number of fused-ring (bicyclic) bond motifs is 1. The summed E-state index contributed by atoms with van der Waals surface area (Å²) in [4.78, 5) is 13.2. The smallest absolute Gasteiger partial charge is 0.231 e. The highest BCUT2D eigenvalue weighted by molar-refractivity contribution is 5.94. The summed E-state index contributed by atoms with van der Waals surface area (Å²) in [5.74, 6) is 1.22. The van der Waals surface area contributed by atoms with Gasteiger partial charge in [-0.2, -0.15) is 0 Å². The van der Waals surface area contributed by atoms with E-state index in [-0.39, 0.29) is 25.7 Å². The van der Waals surface area contributed by atoms with Gasteiger partial charge >= 0.3 is 0 Å². The van der Waals surface area contributed by atoms with Crippen LogP contribution in [0, 0.1) is 6.92 Å². The van der Waals surface area contributed by atoms with Crippen LogP contribution in [0.25, 0.3) is 0 Å². The number of aliphatic hydroxyl groups excluding tert-OH is 1. The van der Waals surface area contributed by atoms with E-state index in [1.165, 1.54) is 4.90 Å². The quantitative estimate of drug-likeness (QED) is 0.854. The number of anilines is 1. The third-order valence-electron chi connectivity index (χ3n) is 2.75. The predicted molar refractivity (Wildman–Crippen MR) is 62.4 cm³/mol. The van der Waals surface area contributed by atoms with Crippen molar-refractivity contribution in [1.82, 2.24) is 0 Å². The maximum Gasteiger partial charge on any atom is 0.231 e. The molecule has 0 aromatic heterocycles. The number of carbonyl (C=O) groups excluding carboxylic acids is 1. The SMILES string of the molecule is Cc1cc2c(cc1N(C)C(=O)CCO)OCO2. The van der Waals surface area contributed by atoms with Gasteiger partial charge in [0, 0.05) is 13.1 Å². The van der Waals surface area contributed by atoms with Gasteiger partial charge in [-0.25, -0.2) is 0 Å². The van der Waals surface area contributed by atoms with Crippen molar-refractivity contribution < 1.29 is 19.4 Å². The highest BCUT2D eigenvalue weighted by Crippen LogP contribution is 2.37. The second-order valence-corrected chi connectivity index (χ2v) is 3.92. The lowest BCUT2D eigenvalue weighted by Gasteiger charge is -2.19. The van der Waals surface area contributed by atoms with Crippen molar-refractivity contribution in [3.05, 3.63) is 17.7 Å². The van der Waals surface area contributed by atoms with Crippen molar-refractivity contribution in [2.24, 2.45) is 0 Å². The molecule has 5 heteroatoms. The summed E-state index contributed by atoms with van der Waals surface area (Å²) < 4.78 is 10.5. The van der Waals surface area contributed by atoms with Crippen LogP contribution in [0.2, 0.25) is 0 Å². The van der Waals surface area contributed by atoms with Crippen LogP contribution in [0.4, 0.5) is 5.69 Å². The average Bonchev–Trinajstić information content (AvgIpc) is 2.74. The summed E-state index contributed by atoms with van der Waals surface area (Å²) in [6.45, 7) is 1.97. The molecule has 0 saturated heterocycles. The van der Waals surface area contributed by atoms with Gasteiger partial charge in [0.1, 0.15) is 0 Å². The van der Waals surface area contributed by atoms with Gasteiger partial charge in [-0.05, 0) is 18.6 Å². The van der Waals surface area contributed by atoms with E-state index in [4.69, 9.17) is 14.6 Å². The number of hydrogen-bond donors (Lipinski definition) is 1. The molecule has 0 spiro atoms. The molecular weight excluding hydrogens is 222 g/mol. The fourth-order valence-corrected chi connectivity index (χ4v) is 1.79. The largest absolute Gasteiger partial charge is 0.454 e. The number of aryl methyl sites for hydroxylation is 1. The second-order valence-electron chi connectivity index (χ2n) is 3.92. The minimum absolute atomic E-state index is 0.115. The van der Waals surface area contributed by atoms with Crippen LogP contribution in [0.15, 0.2) is 12.1 Å². The van der Waals surface area contributed by atoms with E-state index in [0.717, 1.165) is 11.3 Å². The minimum Gasteiger partial charge on any atom is -0.454 e. The predicted octanol–water partition coefficient (Wildman–Crippen LogP) is 1.07. The molecule has 1 aromatic rings. The van der Waals surface area contributed by atoms with Gasteiger partial charge < -0.3 is 19.5 Å². The van der Waals surface area contributed by atoms with E-state index in [0.29, 0.717) is 11.5 Å². The zero-order chi connectivity index (χ0) is 12.4. The topological polar surface area (TPSA) is 59.0 Å². The Kier molecular flexibility index (Phi) is 3.19. The van der Waals surface area contributed by atoms with Crippen molar-refractivity contribution in [2.45, 2.75) is 13.3 Å². The first-order valence-electron chi connectivity index (χ1n) is 5.41. The summed E-state index contributed by atoms with van der Waals surface area (Å²) in [6, 6.07) is 3.63. The first kappa shape index (κ1) is 11.7. The molecule has 1 N–H and O–H groups in total. The summed E-state index contributed by atoms with van der Waals surface area (Å²) in [5, 5.41) is 8.76. The van der Waals surface area contributed by atoms with Gasteiger partial charge in [0.2, 0.25) is 12.7 Å². The Bertz CT molecular complexity index is 444. The highest BCUT2D eigenvalue weighted by atomic mass is 16.7. The van der Waals surface area contributed by atoms with Crippen molar-refractivity contribution in [3.8, 4) is 11.5 Å². The molecule has 1 aromatic carbocycles. The normalized spacial score (nSPS) is 12.6. The number of rotatable bonds is 3. The van der Waals surface area contributed by atoms with Crippen molar-refractivity contribution in [2.75, 3.05) is 25.3 Å². The molecule has 0 aliphatic carbocycles. The Labute approximate surface area is 99.6 Å². The van der Waals surface area contributed by atoms with Gasteiger partial charge in [0.15, 0.2) is 11.5 Å². The molecule has 1 aliphatic heterocycles. The van der Waals surface area contributed by atoms with Gasteiger partial charge in [-0.15, -0.1) is 0 Å². The fraction of sp³-hybridized carbons (Fsp3) is 0.417. The minimum atomic E-state index is -0.146. The number of ether oxygens (including phenoxy) is 2. The summed E-state index contributed by atoms with van der Waals surface area (Å²) in [7, 11) is 1.68. The van der Waals surface area contributed by atoms with Crippen LogP contribution in [0.1, 0.15) is 12.0 Å². The number of hydrogen-bond acceptors (Lipinski definition) is 4. The van der Waals surface area contributed by atoms with Crippen molar-refractivity contribution in [3.63, 3.8) is 0 Å². The third kappa shape index (κ3) is 2.19. The second kappa shape index (κ2) is 4.63. The Morgan fingerprint density at radius 3 is 2.71 bits per heavy atom. The molecule has 92 valence electrons. The van der Waals surface area contributed by atoms with E-state index >= 15 is 0 Å². The standard InChI is InChI=1S/C12H15NO4/c1-8-5-10-11(17-7-16-10)6-9(8)13(2)12(15)3-4-14/h5-6,14H,3-4,7H2,1-2H3. The molecule has 1 heterocycles. The number of carbonyl (C=O) groups is 1. The lowest BCUT2D eigenvalue weighted by molar-refractivity contribution is -0.118. The lowest BCUT2D eigenvalue weighted by Crippen LogP contribution is -2.27. The first-order chi connectivity index (χ1) is 8.13. The van der Waals surface area contributed by atoms with E-state index in [1.54, 1.807) is 13.1 Å². The Morgan fingerprint density at radius 1 is 1.41 bits per heavy atom. The Hall–Kier alpha value is -1.75. The van der Waals surface area contributed by atoms with Crippen molar-refractivity contribution in [1.29, 1.82) is 0 Å². The van der Waals surface area contributed by atoms with Crippen LogP contribution >= 0.6 is 0 Å². The molecular formula is C12H15NO4. The molecule has 1 aliphatic rings. The molecule has 2 rings (SSSR count). The van der Waals surface area contributed by atoms with Crippen LogP contribution in [-0.2, 0) is 4.79 Å². The number of benzene rings is 1. The summed E-state index contributed by atoms with van der Waals surface area (Å²) in [5.41, 5.74) is 1.70. The van der Waals surface area contributed by atoms with Crippen molar-refractivity contribution >= 4 is 11.6 Å². The molecule has 0 radical (unpaired) electrons. The van der Waals surface area contributed by atoms with Crippen LogP contribution in [0.3, 0.4) is 0 Å². The summed E-state index contributed by atoms with van der Waals surface area (Å²) >= 11 is 0. The van der Waals surface area contributed by atoms with Gasteiger partial charge in [-0.3, -0.25) is 4.79 Å². The Balaban J connectivity index is 2.29. The average molecular weight is 237 g/mol. The van der Waals surface area contributed by atoms with E-state index < -0.39 is 0 Å². The maximum atomic E-state index is 11.7. The molecule has 0 fully saturated rings. The number of aliphatic hydroxyl groups is 1. The third-order valence-corrected chi connectivity index (χ3v) is 2.75. The lowest BCUT2D eigenvalue weighted by atomic mass is 10.1. The molecule has 0 bridgehead atoms. The van der Waals surface area contributed by atoms with E-state index in [2.05, 4.69) is 0 Å². The number of amides is 1. The van der Waals surface area contributed by atoms with Crippen LogP contribution in [0.5, 0.6) is 11.5 Å². The van der Waals surface area contributed by atoms with Gasteiger partial charge in [0.05, 0.1) is 18.7 Å². The zero-order valence-electron chi connectivity index (χ0n) is 9.90. The van der Waals surface area contributed by atoms with E-state index in [9.17, 15) is 4.79 Å². The number of nitrogens with zero attached hydrogens (tertiary/aromatic N) is 1. The summed E-state index contributed by atoms with van der Waals surface area (Å²) in [6.07, 6.45) is 0.115. The van der Waals surface area contributed by atoms with Crippen LogP contribution in [-0.4, -0.2) is 31.5 Å². The van der Waals surface area contributed by atoms with Crippen LogP contribution < -0.4 is 14.4 Å². The first-order valence-corrected chi connectivity index (χ1v) is 5.41. The molecule has 0 unspecified atom stereocenters. The molecule has 0 saturated carbocycles. The highest BCUT2D eigenvalue weighted by Gasteiger charge is 2.19. The maximum absolute atomic E-state index is 11.7. The monoisotopic (exact) mass is 237 g/mol. The van der Waals surface area contributed by atoms with Gasteiger partial charge in [0.25, 0.3) is 0 Å². The zero-order valence-corrected chi connectivity index (χ0v) is 9.90. The fourth-order valence-electron chi connectivity index (χ4n) is 1.79.